The number of anilines is 1. The number of carbonyl (C=O) groups excluding carboxylic acids is 2. The Kier molecular flexibility index (Phi) is 5.08. The number of carbonyl (C=O) groups is 2. The molecule has 2 unspecified atom stereocenters. The molecule has 2 bridgehead atoms. The predicted molar refractivity (Wildman–Crippen MR) is 143 cm³/mol. The van der Waals surface area contributed by atoms with Crippen molar-refractivity contribution >= 4 is 17.6 Å². The van der Waals surface area contributed by atoms with Crippen molar-refractivity contribution in [3.8, 4) is 16.9 Å². The molecular formula is C31H27N3O4. The number of hydrogen-bond donors (Lipinski definition) is 1. The third kappa shape index (κ3) is 3.65. The summed E-state index contributed by atoms with van der Waals surface area (Å²) in [7, 11) is 0. The Hall–Kier alpha value is -4.52. The molecule has 3 amide bonds. The number of ether oxygens (including phenoxy) is 1. The first kappa shape index (κ1) is 22.7. The van der Waals surface area contributed by atoms with Crippen LogP contribution in [0, 0.1) is 0 Å². The van der Waals surface area contributed by atoms with E-state index in [-0.39, 0.29) is 18.0 Å². The summed E-state index contributed by atoms with van der Waals surface area (Å²) in [6.45, 7) is 3.19. The Balaban J connectivity index is 1.19. The van der Waals surface area contributed by atoms with Crippen molar-refractivity contribution in [1.29, 1.82) is 0 Å². The SMILES string of the molecule is CC12CC(NC(=O)N1c1cccc(C(=O)N3CCc4ccccc4C3)c1)c1ccc(-c3ccoc3)cc1O2. The average Bonchev–Trinajstić information content (AvgIpc) is 3.47. The zero-order valence-electron chi connectivity index (χ0n) is 21.0. The van der Waals surface area contributed by atoms with Crippen LogP contribution < -0.4 is 15.0 Å². The van der Waals surface area contributed by atoms with Crippen molar-refractivity contribution in [2.45, 2.75) is 38.1 Å². The molecule has 1 saturated heterocycles. The fourth-order valence-electron chi connectivity index (χ4n) is 6.00. The summed E-state index contributed by atoms with van der Waals surface area (Å²) < 4.78 is 11.8. The molecule has 1 N–H and O–H groups in total. The smallest absolute Gasteiger partial charge is 0.325 e. The first-order valence-corrected chi connectivity index (χ1v) is 12.9. The van der Waals surface area contributed by atoms with E-state index in [9.17, 15) is 9.59 Å². The maximum Gasteiger partial charge on any atom is 0.325 e. The third-order valence-electron chi connectivity index (χ3n) is 7.90. The van der Waals surface area contributed by atoms with Crippen LogP contribution in [0.4, 0.5) is 10.5 Å². The third-order valence-corrected chi connectivity index (χ3v) is 7.90. The fourth-order valence-corrected chi connectivity index (χ4v) is 6.00. The maximum atomic E-state index is 13.5. The number of hydrogen-bond acceptors (Lipinski definition) is 4. The molecule has 0 saturated carbocycles. The van der Waals surface area contributed by atoms with Crippen LogP contribution in [0.1, 0.15) is 46.4 Å². The second-order valence-corrected chi connectivity index (χ2v) is 10.4. The molecule has 0 spiro atoms. The highest BCUT2D eigenvalue weighted by Gasteiger charge is 2.50. The first-order chi connectivity index (χ1) is 18.5. The highest BCUT2D eigenvalue weighted by molar-refractivity contribution is 5.99. The zero-order valence-corrected chi connectivity index (χ0v) is 21.0. The number of urea groups is 1. The van der Waals surface area contributed by atoms with E-state index in [2.05, 4.69) is 17.4 Å². The number of benzene rings is 3. The van der Waals surface area contributed by atoms with E-state index in [1.165, 1.54) is 11.1 Å². The van der Waals surface area contributed by atoms with Gasteiger partial charge in [-0.05, 0) is 60.4 Å². The lowest BCUT2D eigenvalue weighted by atomic mass is 9.89. The summed E-state index contributed by atoms with van der Waals surface area (Å²) in [6, 6.07) is 23.1. The summed E-state index contributed by atoms with van der Waals surface area (Å²) in [5, 5.41) is 3.15. The van der Waals surface area contributed by atoms with Crippen LogP contribution in [0.25, 0.3) is 11.1 Å². The highest BCUT2D eigenvalue weighted by atomic mass is 16.5. The lowest BCUT2D eigenvalue weighted by Crippen LogP contribution is -2.65. The Morgan fingerprint density at radius 1 is 1.00 bits per heavy atom. The van der Waals surface area contributed by atoms with Crippen LogP contribution in [-0.2, 0) is 13.0 Å². The molecular weight excluding hydrogens is 478 g/mol. The number of amides is 3. The van der Waals surface area contributed by atoms with E-state index < -0.39 is 5.72 Å². The van der Waals surface area contributed by atoms with Gasteiger partial charge in [-0.15, -0.1) is 0 Å². The van der Waals surface area contributed by atoms with Gasteiger partial charge in [0.25, 0.3) is 5.91 Å². The molecule has 0 radical (unpaired) electrons. The molecule has 3 aromatic carbocycles. The molecule has 7 rings (SSSR count). The first-order valence-electron chi connectivity index (χ1n) is 12.9. The lowest BCUT2D eigenvalue weighted by Gasteiger charge is -2.50. The molecule has 3 aliphatic rings. The van der Waals surface area contributed by atoms with Crippen LogP contribution in [0.2, 0.25) is 0 Å². The Labute approximate surface area is 220 Å². The molecule has 38 heavy (non-hydrogen) atoms. The molecule has 190 valence electrons. The van der Waals surface area contributed by atoms with Gasteiger partial charge < -0.3 is 19.4 Å². The highest BCUT2D eigenvalue weighted by Crippen LogP contribution is 2.46. The van der Waals surface area contributed by atoms with Gasteiger partial charge in [0.1, 0.15) is 5.75 Å². The van der Waals surface area contributed by atoms with Crippen LogP contribution in [0.15, 0.2) is 89.7 Å². The summed E-state index contributed by atoms with van der Waals surface area (Å²) in [6.07, 6.45) is 4.76. The summed E-state index contributed by atoms with van der Waals surface area (Å²) in [5.41, 5.74) is 5.64. The van der Waals surface area contributed by atoms with Gasteiger partial charge in [0.15, 0.2) is 5.72 Å². The van der Waals surface area contributed by atoms with E-state index in [0.29, 0.717) is 30.8 Å². The van der Waals surface area contributed by atoms with Gasteiger partial charge in [0.05, 0.1) is 24.3 Å². The van der Waals surface area contributed by atoms with E-state index >= 15 is 0 Å². The van der Waals surface area contributed by atoms with Gasteiger partial charge in [-0.25, -0.2) is 4.79 Å². The molecule has 7 nitrogen and oxygen atoms in total. The summed E-state index contributed by atoms with van der Waals surface area (Å²) in [4.78, 5) is 30.4. The normalized spacial score (nSPS) is 21.7. The molecule has 7 heteroatoms. The standard InChI is InChI=1S/C31H27N3O4/c1-31-17-27(26-10-9-21(16-28(26)38-31)24-12-14-37-19-24)32-30(36)34(31)25-8-4-7-22(15-25)29(35)33-13-11-20-5-2-3-6-23(20)18-33/h2-10,12,14-16,19,27H,11,13,17-18H2,1H3,(H,32,36). The average molecular weight is 506 g/mol. The minimum atomic E-state index is -0.916. The second kappa shape index (κ2) is 8.52. The number of fused-ring (bicyclic) bond motifs is 5. The van der Waals surface area contributed by atoms with Crippen molar-refractivity contribution in [3.05, 3.63) is 108 Å². The van der Waals surface area contributed by atoms with Crippen molar-refractivity contribution in [2.75, 3.05) is 11.4 Å². The maximum absolute atomic E-state index is 13.5. The number of rotatable bonds is 3. The number of furan rings is 1. The van der Waals surface area contributed by atoms with Crippen LogP contribution in [0.5, 0.6) is 5.75 Å². The number of nitrogens with zero attached hydrogens (tertiary/aromatic N) is 2. The van der Waals surface area contributed by atoms with Crippen molar-refractivity contribution < 1.29 is 18.7 Å². The minimum Gasteiger partial charge on any atom is -0.472 e. The fraction of sp³-hybridized carbons (Fsp3) is 0.226. The van der Waals surface area contributed by atoms with Gasteiger partial charge >= 0.3 is 6.03 Å². The van der Waals surface area contributed by atoms with Crippen LogP contribution in [-0.4, -0.2) is 29.1 Å². The molecule has 4 aromatic rings. The van der Waals surface area contributed by atoms with Crippen molar-refractivity contribution in [1.82, 2.24) is 10.2 Å². The molecule has 1 aromatic heterocycles. The molecule has 4 heterocycles. The topological polar surface area (TPSA) is 75.0 Å². The lowest BCUT2D eigenvalue weighted by molar-refractivity contribution is 0.0379. The monoisotopic (exact) mass is 505 g/mol. The predicted octanol–water partition coefficient (Wildman–Crippen LogP) is 5.91. The Morgan fingerprint density at radius 2 is 1.87 bits per heavy atom. The minimum absolute atomic E-state index is 0.0403. The molecule has 1 fully saturated rings. The van der Waals surface area contributed by atoms with Gasteiger partial charge in [0.2, 0.25) is 0 Å². The van der Waals surface area contributed by atoms with E-state index in [0.717, 1.165) is 28.9 Å². The van der Waals surface area contributed by atoms with Gasteiger partial charge in [-0.3, -0.25) is 9.69 Å². The summed E-state index contributed by atoms with van der Waals surface area (Å²) in [5.74, 6) is 0.688. The van der Waals surface area contributed by atoms with Crippen molar-refractivity contribution in [3.63, 3.8) is 0 Å². The van der Waals surface area contributed by atoms with E-state index in [1.54, 1.807) is 23.5 Å². The molecule has 0 aliphatic carbocycles. The summed E-state index contributed by atoms with van der Waals surface area (Å²) >= 11 is 0. The van der Waals surface area contributed by atoms with Crippen LogP contribution in [0.3, 0.4) is 0 Å². The molecule has 2 atom stereocenters. The zero-order chi connectivity index (χ0) is 25.9. The largest absolute Gasteiger partial charge is 0.472 e. The van der Waals surface area contributed by atoms with Crippen LogP contribution >= 0.6 is 0 Å². The Bertz CT molecular complexity index is 1560. The van der Waals surface area contributed by atoms with E-state index in [1.807, 2.05) is 66.4 Å². The second-order valence-electron chi connectivity index (χ2n) is 10.4. The van der Waals surface area contributed by atoms with E-state index in [4.69, 9.17) is 9.15 Å². The quantitative estimate of drug-likeness (QED) is 0.375. The van der Waals surface area contributed by atoms with Crippen molar-refractivity contribution in [2.24, 2.45) is 0 Å². The van der Waals surface area contributed by atoms with Gasteiger partial charge in [-0.1, -0.05) is 42.5 Å². The van der Waals surface area contributed by atoms with Gasteiger partial charge in [0, 0.05) is 36.2 Å². The molecule has 3 aliphatic heterocycles. The Morgan fingerprint density at radius 3 is 2.71 bits per heavy atom. The number of nitrogens with one attached hydrogen (secondary N) is 1. The van der Waals surface area contributed by atoms with Gasteiger partial charge in [-0.2, -0.15) is 0 Å².